The third kappa shape index (κ3) is 3.11. The zero-order valence-electron chi connectivity index (χ0n) is 14.2. The summed E-state index contributed by atoms with van der Waals surface area (Å²) in [6, 6.07) is 16.7. The van der Waals surface area contributed by atoms with Gasteiger partial charge in [-0.15, -0.1) is 0 Å². The highest BCUT2D eigenvalue weighted by atomic mass is 16.3. The van der Waals surface area contributed by atoms with Gasteiger partial charge >= 0.3 is 0 Å². The van der Waals surface area contributed by atoms with Crippen LogP contribution in [0.1, 0.15) is 0 Å². The van der Waals surface area contributed by atoms with E-state index in [-0.39, 0.29) is 5.56 Å². The maximum absolute atomic E-state index is 12.5. The molecular formula is C20H16N4O3. The number of rotatable bonds is 4. The van der Waals surface area contributed by atoms with Crippen LogP contribution in [0.25, 0.3) is 27.8 Å². The Balaban J connectivity index is 1.92. The number of hydrogen-bond donors (Lipinski definition) is 3. The van der Waals surface area contributed by atoms with Crippen LogP contribution in [-0.4, -0.2) is 32.2 Å². The monoisotopic (exact) mass is 360 g/mol. The molecule has 134 valence electrons. The first-order valence-electron chi connectivity index (χ1n) is 8.32. The number of para-hydroxylation sites is 1. The highest BCUT2D eigenvalue weighted by Crippen LogP contribution is 2.30. The Morgan fingerprint density at radius 1 is 1.15 bits per heavy atom. The summed E-state index contributed by atoms with van der Waals surface area (Å²) in [5.41, 5.74) is 3.18. The molecular weight excluding hydrogens is 344 g/mol. The van der Waals surface area contributed by atoms with E-state index < -0.39 is 12.5 Å². The molecule has 1 amide bonds. The number of hydrogen-bond acceptors (Lipinski definition) is 4. The van der Waals surface area contributed by atoms with E-state index in [1.807, 2.05) is 47.2 Å². The standard InChI is InChI=1S/C20H16N4O3/c25-11-17(26)23-14-6-4-5-13(9-14)16-10-24(15-7-2-1-3-8-15)19-18(16)20(27)22-12-21-19/h1-10,12,25H,11H2,(H,23,26)(H,21,22,27). The Hall–Kier alpha value is -3.71. The van der Waals surface area contributed by atoms with Gasteiger partial charge in [0.25, 0.3) is 5.56 Å². The summed E-state index contributed by atoms with van der Waals surface area (Å²) >= 11 is 0. The lowest BCUT2D eigenvalue weighted by atomic mass is 10.1. The Labute approximate surface area is 153 Å². The lowest BCUT2D eigenvalue weighted by molar-refractivity contribution is -0.118. The molecule has 0 unspecified atom stereocenters. The van der Waals surface area contributed by atoms with E-state index in [9.17, 15) is 9.59 Å². The van der Waals surface area contributed by atoms with E-state index in [2.05, 4.69) is 15.3 Å². The number of nitrogens with one attached hydrogen (secondary N) is 2. The molecule has 7 heteroatoms. The number of benzene rings is 2. The van der Waals surface area contributed by atoms with Crippen LogP contribution in [0, 0.1) is 0 Å². The molecule has 4 rings (SSSR count). The molecule has 0 aliphatic heterocycles. The second kappa shape index (κ2) is 6.89. The largest absolute Gasteiger partial charge is 0.387 e. The van der Waals surface area contributed by atoms with E-state index in [0.717, 1.165) is 11.3 Å². The van der Waals surface area contributed by atoms with Crippen LogP contribution in [0.2, 0.25) is 0 Å². The molecule has 0 saturated carbocycles. The molecule has 7 nitrogen and oxygen atoms in total. The molecule has 2 heterocycles. The SMILES string of the molecule is O=C(CO)Nc1cccc(-c2cn(-c3ccccc3)c3nc[nH]c(=O)c23)c1. The number of amides is 1. The average Bonchev–Trinajstić information content (AvgIpc) is 3.10. The molecule has 2 aromatic carbocycles. The van der Waals surface area contributed by atoms with Gasteiger partial charge in [-0.1, -0.05) is 30.3 Å². The van der Waals surface area contributed by atoms with Crippen molar-refractivity contribution in [2.24, 2.45) is 0 Å². The molecule has 0 aliphatic carbocycles. The summed E-state index contributed by atoms with van der Waals surface area (Å²) < 4.78 is 1.86. The number of carbonyl (C=O) groups excluding carboxylic acids is 1. The normalized spacial score (nSPS) is 10.9. The molecule has 3 N–H and O–H groups in total. The van der Waals surface area contributed by atoms with Crippen molar-refractivity contribution in [1.29, 1.82) is 0 Å². The third-order valence-electron chi connectivity index (χ3n) is 4.22. The van der Waals surface area contributed by atoms with Crippen LogP contribution in [-0.2, 0) is 4.79 Å². The van der Waals surface area contributed by atoms with Crippen molar-refractivity contribution in [3.8, 4) is 16.8 Å². The molecule has 0 radical (unpaired) electrons. The molecule has 0 atom stereocenters. The van der Waals surface area contributed by atoms with Gasteiger partial charge < -0.3 is 20.0 Å². The van der Waals surface area contributed by atoms with Crippen molar-refractivity contribution in [2.45, 2.75) is 0 Å². The molecule has 2 aromatic heterocycles. The number of aromatic nitrogens is 3. The van der Waals surface area contributed by atoms with Gasteiger partial charge in [-0.25, -0.2) is 4.98 Å². The predicted molar refractivity (Wildman–Crippen MR) is 103 cm³/mol. The minimum atomic E-state index is -0.596. The van der Waals surface area contributed by atoms with Gasteiger partial charge in [-0.3, -0.25) is 9.59 Å². The minimum Gasteiger partial charge on any atom is -0.387 e. The van der Waals surface area contributed by atoms with E-state index in [0.29, 0.717) is 22.3 Å². The van der Waals surface area contributed by atoms with Crippen molar-refractivity contribution < 1.29 is 9.90 Å². The van der Waals surface area contributed by atoms with Gasteiger partial charge in [0.15, 0.2) is 5.65 Å². The van der Waals surface area contributed by atoms with Gasteiger partial charge in [0.05, 0.1) is 11.7 Å². The Bertz CT molecular complexity index is 1180. The van der Waals surface area contributed by atoms with Gasteiger partial charge in [-0.2, -0.15) is 0 Å². The van der Waals surface area contributed by atoms with E-state index in [1.165, 1.54) is 6.33 Å². The molecule has 0 bridgehead atoms. The fourth-order valence-electron chi connectivity index (χ4n) is 3.04. The Kier molecular flexibility index (Phi) is 4.27. The first-order valence-corrected chi connectivity index (χ1v) is 8.32. The Morgan fingerprint density at radius 2 is 1.96 bits per heavy atom. The summed E-state index contributed by atoms with van der Waals surface area (Å²) in [5, 5.41) is 12.0. The van der Waals surface area contributed by atoms with Crippen LogP contribution >= 0.6 is 0 Å². The highest BCUT2D eigenvalue weighted by Gasteiger charge is 2.16. The zero-order chi connectivity index (χ0) is 18.8. The molecule has 27 heavy (non-hydrogen) atoms. The number of fused-ring (bicyclic) bond motifs is 1. The fraction of sp³-hybridized carbons (Fsp3) is 0.0500. The van der Waals surface area contributed by atoms with Crippen LogP contribution in [0.3, 0.4) is 0 Å². The minimum absolute atomic E-state index is 0.241. The van der Waals surface area contributed by atoms with Crippen LogP contribution < -0.4 is 10.9 Å². The van der Waals surface area contributed by atoms with Crippen molar-refractivity contribution in [3.05, 3.63) is 77.5 Å². The zero-order valence-corrected chi connectivity index (χ0v) is 14.2. The topological polar surface area (TPSA) is 100 Å². The number of aliphatic hydroxyl groups excluding tert-OH is 1. The van der Waals surface area contributed by atoms with Crippen LogP contribution in [0.5, 0.6) is 0 Å². The maximum atomic E-state index is 12.5. The number of H-pyrrole nitrogens is 1. The van der Waals surface area contributed by atoms with Crippen molar-refractivity contribution in [3.63, 3.8) is 0 Å². The lowest BCUT2D eigenvalue weighted by Crippen LogP contribution is -2.15. The first kappa shape index (κ1) is 16.7. The van der Waals surface area contributed by atoms with Crippen LogP contribution in [0.15, 0.2) is 71.9 Å². The molecule has 0 aliphatic rings. The second-order valence-electron chi connectivity index (χ2n) is 5.97. The fourth-order valence-corrected chi connectivity index (χ4v) is 3.04. The summed E-state index contributed by atoms with van der Waals surface area (Å²) in [5.74, 6) is -0.502. The van der Waals surface area contributed by atoms with Crippen molar-refractivity contribution in [1.82, 2.24) is 14.5 Å². The number of anilines is 1. The van der Waals surface area contributed by atoms with Crippen LogP contribution in [0.4, 0.5) is 5.69 Å². The van der Waals surface area contributed by atoms with Gasteiger partial charge in [-0.05, 0) is 29.8 Å². The Morgan fingerprint density at radius 3 is 2.74 bits per heavy atom. The van der Waals surface area contributed by atoms with E-state index in [1.54, 1.807) is 18.2 Å². The van der Waals surface area contributed by atoms with Gasteiger partial charge in [0, 0.05) is 23.1 Å². The quantitative estimate of drug-likeness (QED) is 0.520. The predicted octanol–water partition coefficient (Wildman–Crippen LogP) is 2.31. The number of aromatic amines is 1. The number of carbonyl (C=O) groups is 1. The summed E-state index contributed by atoms with van der Waals surface area (Å²) in [4.78, 5) is 30.9. The summed E-state index contributed by atoms with van der Waals surface area (Å²) in [7, 11) is 0. The van der Waals surface area contributed by atoms with Crippen molar-refractivity contribution in [2.75, 3.05) is 11.9 Å². The second-order valence-corrected chi connectivity index (χ2v) is 5.97. The third-order valence-corrected chi connectivity index (χ3v) is 4.22. The van der Waals surface area contributed by atoms with Gasteiger partial charge in [0.1, 0.15) is 6.61 Å². The summed E-state index contributed by atoms with van der Waals surface area (Å²) in [6.07, 6.45) is 3.24. The molecule has 0 spiro atoms. The van der Waals surface area contributed by atoms with Gasteiger partial charge in [0.2, 0.25) is 5.91 Å². The molecule has 4 aromatic rings. The highest BCUT2D eigenvalue weighted by molar-refractivity contribution is 5.96. The van der Waals surface area contributed by atoms with Crippen molar-refractivity contribution >= 4 is 22.6 Å². The first-order chi connectivity index (χ1) is 13.2. The average molecular weight is 360 g/mol. The molecule has 0 saturated heterocycles. The van der Waals surface area contributed by atoms with E-state index in [4.69, 9.17) is 5.11 Å². The summed E-state index contributed by atoms with van der Waals surface area (Å²) in [6.45, 7) is -0.596. The number of nitrogens with zero attached hydrogens (tertiary/aromatic N) is 2. The molecule has 0 fully saturated rings. The smallest absolute Gasteiger partial charge is 0.260 e. The van der Waals surface area contributed by atoms with E-state index >= 15 is 0 Å². The number of aliphatic hydroxyl groups is 1. The lowest BCUT2D eigenvalue weighted by Gasteiger charge is -2.05. The maximum Gasteiger partial charge on any atom is 0.260 e.